The molecule has 0 bridgehead atoms. The van der Waals surface area contributed by atoms with E-state index in [0.717, 1.165) is 27.8 Å². The Morgan fingerprint density at radius 2 is 2.17 bits per heavy atom. The fourth-order valence-electron chi connectivity index (χ4n) is 1.73. The van der Waals surface area contributed by atoms with E-state index in [1.54, 1.807) is 29.9 Å². The highest BCUT2D eigenvalue weighted by molar-refractivity contribution is 7.16. The van der Waals surface area contributed by atoms with Crippen LogP contribution in [0.4, 0.5) is 0 Å². The lowest BCUT2D eigenvalue weighted by atomic mass is 10.1. The third-order valence-electron chi connectivity index (χ3n) is 2.49. The number of hydrogen-bond acceptors (Lipinski definition) is 5. The summed E-state index contributed by atoms with van der Waals surface area (Å²) in [5, 5.41) is 5.65. The normalized spacial score (nSPS) is 11.5. The molecule has 3 heterocycles. The Morgan fingerprint density at radius 1 is 1.28 bits per heavy atom. The zero-order chi connectivity index (χ0) is 12.5. The Balaban J connectivity index is 1.96. The van der Waals surface area contributed by atoms with E-state index in [1.165, 1.54) is 0 Å². The summed E-state index contributed by atoms with van der Waals surface area (Å²) in [5.74, 6) is 0.611. The lowest BCUT2D eigenvalue weighted by Gasteiger charge is -1.97. The lowest BCUT2D eigenvalue weighted by Crippen LogP contribution is -1.94. The van der Waals surface area contributed by atoms with Crippen molar-refractivity contribution < 1.29 is 0 Å². The van der Waals surface area contributed by atoms with Crippen molar-refractivity contribution >= 4 is 16.3 Å². The zero-order valence-electron chi connectivity index (χ0n) is 10.2. The second kappa shape index (κ2) is 4.45. The van der Waals surface area contributed by atoms with Crippen molar-refractivity contribution in [2.45, 2.75) is 20.3 Å². The van der Waals surface area contributed by atoms with Crippen LogP contribution in [0, 0.1) is 5.92 Å². The molecule has 0 spiro atoms. The van der Waals surface area contributed by atoms with Gasteiger partial charge in [0, 0.05) is 18.8 Å². The Bertz CT molecular complexity index is 624. The summed E-state index contributed by atoms with van der Waals surface area (Å²) in [4.78, 5) is 13.7. The molecule has 3 rings (SSSR count). The first-order valence-corrected chi connectivity index (χ1v) is 6.65. The first kappa shape index (κ1) is 11.3. The van der Waals surface area contributed by atoms with Gasteiger partial charge in [0.05, 0.1) is 12.4 Å². The fraction of sp³-hybridized carbons (Fsp3) is 0.333. The first-order valence-electron chi connectivity index (χ1n) is 5.84. The minimum Gasteiger partial charge on any atom is -0.261 e. The van der Waals surface area contributed by atoms with Crippen molar-refractivity contribution in [1.29, 1.82) is 0 Å². The van der Waals surface area contributed by atoms with E-state index in [0.29, 0.717) is 5.92 Å². The monoisotopic (exact) mass is 259 g/mol. The van der Waals surface area contributed by atoms with Crippen LogP contribution in [0.5, 0.6) is 0 Å². The Hall–Kier alpha value is -1.82. The van der Waals surface area contributed by atoms with Gasteiger partial charge in [0.2, 0.25) is 4.96 Å². The van der Waals surface area contributed by atoms with Gasteiger partial charge in [0.1, 0.15) is 16.4 Å². The molecule has 18 heavy (non-hydrogen) atoms. The maximum Gasteiger partial charge on any atom is 0.212 e. The third-order valence-corrected chi connectivity index (χ3v) is 3.44. The molecule has 0 aliphatic carbocycles. The van der Waals surface area contributed by atoms with E-state index in [9.17, 15) is 0 Å². The number of fused-ring (bicyclic) bond motifs is 1. The lowest BCUT2D eigenvalue weighted by molar-refractivity contribution is 0.637. The molecule has 0 amide bonds. The predicted molar refractivity (Wildman–Crippen MR) is 70.4 cm³/mol. The standard InChI is InChI=1S/C12H13N5S/c1-8(2)5-11-16-17-7-10(15-12(17)18-11)9-6-13-3-4-14-9/h3-4,6-8H,5H2,1-2H3. The summed E-state index contributed by atoms with van der Waals surface area (Å²) >= 11 is 1.63. The average molecular weight is 259 g/mol. The second-order valence-electron chi connectivity index (χ2n) is 4.54. The van der Waals surface area contributed by atoms with Crippen LogP contribution < -0.4 is 0 Å². The second-order valence-corrected chi connectivity index (χ2v) is 5.58. The molecule has 0 radical (unpaired) electrons. The van der Waals surface area contributed by atoms with Gasteiger partial charge < -0.3 is 0 Å². The third kappa shape index (κ3) is 2.11. The summed E-state index contributed by atoms with van der Waals surface area (Å²) in [6.07, 6.45) is 7.93. The van der Waals surface area contributed by atoms with E-state index in [-0.39, 0.29) is 0 Å². The van der Waals surface area contributed by atoms with Crippen molar-refractivity contribution in [2.75, 3.05) is 0 Å². The molecule has 0 aliphatic heterocycles. The molecule has 0 aliphatic rings. The molecule has 5 nitrogen and oxygen atoms in total. The maximum absolute atomic E-state index is 4.53. The molecule has 6 heteroatoms. The number of rotatable bonds is 3. The molecule has 3 aromatic heterocycles. The quantitative estimate of drug-likeness (QED) is 0.725. The Morgan fingerprint density at radius 3 is 2.83 bits per heavy atom. The van der Waals surface area contributed by atoms with Gasteiger partial charge in [-0.3, -0.25) is 9.97 Å². The number of hydrogen-bond donors (Lipinski definition) is 0. The summed E-state index contributed by atoms with van der Waals surface area (Å²) in [6.45, 7) is 4.38. The van der Waals surface area contributed by atoms with Gasteiger partial charge >= 0.3 is 0 Å². The molecule has 0 saturated carbocycles. The van der Waals surface area contributed by atoms with Crippen LogP contribution in [-0.2, 0) is 6.42 Å². The number of aromatic nitrogens is 5. The van der Waals surface area contributed by atoms with Gasteiger partial charge in [-0.2, -0.15) is 5.10 Å². The topological polar surface area (TPSA) is 56.0 Å². The van der Waals surface area contributed by atoms with Crippen molar-refractivity contribution in [3.63, 3.8) is 0 Å². The van der Waals surface area contributed by atoms with Gasteiger partial charge in [-0.25, -0.2) is 9.50 Å². The molecule has 0 unspecified atom stereocenters. The molecule has 0 aromatic carbocycles. The van der Waals surface area contributed by atoms with Gasteiger partial charge in [-0.15, -0.1) is 0 Å². The molecule has 0 N–H and O–H groups in total. The predicted octanol–water partition coefficient (Wildman–Crippen LogP) is 2.45. The van der Waals surface area contributed by atoms with Crippen LogP contribution in [0.1, 0.15) is 18.9 Å². The number of nitrogens with zero attached hydrogens (tertiary/aromatic N) is 5. The fourth-order valence-corrected chi connectivity index (χ4v) is 2.82. The van der Waals surface area contributed by atoms with Crippen LogP contribution in [0.3, 0.4) is 0 Å². The average Bonchev–Trinajstić information content (AvgIpc) is 2.87. The van der Waals surface area contributed by atoms with Crippen LogP contribution in [0.15, 0.2) is 24.8 Å². The van der Waals surface area contributed by atoms with E-state index >= 15 is 0 Å². The van der Waals surface area contributed by atoms with E-state index in [1.807, 2.05) is 10.7 Å². The van der Waals surface area contributed by atoms with E-state index < -0.39 is 0 Å². The SMILES string of the molecule is CC(C)Cc1nn2cc(-c3cnccn3)nc2s1. The van der Waals surface area contributed by atoms with Crippen molar-refractivity contribution in [1.82, 2.24) is 24.6 Å². The smallest absolute Gasteiger partial charge is 0.212 e. The molecule has 92 valence electrons. The van der Waals surface area contributed by atoms with Crippen LogP contribution in [0.25, 0.3) is 16.3 Å². The van der Waals surface area contributed by atoms with E-state index in [4.69, 9.17) is 0 Å². The van der Waals surface area contributed by atoms with Crippen molar-refractivity contribution in [3.05, 3.63) is 29.8 Å². The molecule has 0 atom stereocenters. The van der Waals surface area contributed by atoms with Crippen LogP contribution in [0.2, 0.25) is 0 Å². The largest absolute Gasteiger partial charge is 0.261 e. The highest BCUT2D eigenvalue weighted by Gasteiger charge is 2.11. The minimum absolute atomic E-state index is 0.611. The molecule has 3 aromatic rings. The van der Waals surface area contributed by atoms with Crippen molar-refractivity contribution in [2.24, 2.45) is 5.92 Å². The summed E-state index contributed by atoms with van der Waals surface area (Å²) < 4.78 is 1.83. The molecular weight excluding hydrogens is 246 g/mol. The Kier molecular flexibility index (Phi) is 2.79. The van der Waals surface area contributed by atoms with Gasteiger partial charge in [-0.05, 0) is 5.92 Å². The summed E-state index contributed by atoms with van der Waals surface area (Å²) in [7, 11) is 0. The van der Waals surface area contributed by atoms with Gasteiger partial charge in [0.25, 0.3) is 0 Å². The van der Waals surface area contributed by atoms with E-state index in [2.05, 4.69) is 33.9 Å². The highest BCUT2D eigenvalue weighted by Crippen LogP contribution is 2.21. The summed E-state index contributed by atoms with van der Waals surface area (Å²) in [6, 6.07) is 0. The van der Waals surface area contributed by atoms with Crippen LogP contribution in [-0.4, -0.2) is 24.6 Å². The van der Waals surface area contributed by atoms with Gasteiger partial charge in [0.15, 0.2) is 0 Å². The molecular formula is C12H13N5S. The summed E-state index contributed by atoms with van der Waals surface area (Å²) in [5.41, 5.74) is 1.60. The molecule has 0 fully saturated rings. The van der Waals surface area contributed by atoms with Crippen molar-refractivity contribution in [3.8, 4) is 11.4 Å². The van der Waals surface area contributed by atoms with Gasteiger partial charge in [-0.1, -0.05) is 25.2 Å². The first-order chi connectivity index (χ1) is 8.72. The number of imidazole rings is 1. The molecule has 0 saturated heterocycles. The van der Waals surface area contributed by atoms with Crippen LogP contribution >= 0.6 is 11.3 Å². The zero-order valence-corrected chi connectivity index (χ0v) is 11.1. The minimum atomic E-state index is 0.611. The highest BCUT2D eigenvalue weighted by atomic mass is 32.1. The maximum atomic E-state index is 4.53. The Labute approximate surface area is 109 Å².